The summed E-state index contributed by atoms with van der Waals surface area (Å²) < 4.78 is 0. The highest BCUT2D eigenvalue weighted by Gasteiger charge is 2.18. The molecule has 1 aromatic carbocycles. The van der Waals surface area contributed by atoms with E-state index >= 15 is 0 Å². The molecule has 2 atom stereocenters. The number of benzene rings is 1. The Morgan fingerprint density at radius 1 is 1.31 bits per heavy atom. The summed E-state index contributed by atoms with van der Waals surface area (Å²) in [6.07, 6.45) is 5.31. The molecule has 0 spiro atoms. The molecule has 0 radical (unpaired) electrons. The lowest BCUT2D eigenvalue weighted by atomic mass is 9.87. The van der Waals surface area contributed by atoms with Gasteiger partial charge in [0.25, 0.3) is 0 Å². The quantitative estimate of drug-likeness (QED) is 0.745. The van der Waals surface area contributed by atoms with Gasteiger partial charge in [0.2, 0.25) is 0 Å². The van der Waals surface area contributed by atoms with E-state index in [1.54, 1.807) is 0 Å². The zero-order valence-electron chi connectivity index (χ0n) is 10.3. The van der Waals surface area contributed by atoms with E-state index in [1.165, 1.54) is 36.9 Å². The highest BCUT2D eigenvalue weighted by molar-refractivity contribution is 5.59. The fourth-order valence-corrected chi connectivity index (χ4v) is 2.58. The Morgan fingerprint density at radius 2 is 2.12 bits per heavy atom. The molecular weight excluding hydrogens is 196 g/mol. The van der Waals surface area contributed by atoms with Gasteiger partial charge in [-0.2, -0.15) is 0 Å². The van der Waals surface area contributed by atoms with Crippen LogP contribution in [0.3, 0.4) is 0 Å². The van der Waals surface area contributed by atoms with Crippen molar-refractivity contribution in [3.8, 4) is 0 Å². The number of anilines is 2. The number of nitrogens with one attached hydrogen (secondary N) is 1. The van der Waals surface area contributed by atoms with Crippen molar-refractivity contribution in [3.63, 3.8) is 0 Å². The van der Waals surface area contributed by atoms with E-state index in [0.717, 1.165) is 11.6 Å². The van der Waals surface area contributed by atoms with Crippen molar-refractivity contribution < 1.29 is 0 Å². The molecule has 0 aromatic heterocycles. The number of nitrogen functional groups attached to an aromatic ring is 1. The normalized spacial score (nSPS) is 25.4. The first-order chi connectivity index (χ1) is 7.65. The molecule has 2 nitrogen and oxygen atoms in total. The number of hydrogen-bond donors (Lipinski definition) is 2. The van der Waals surface area contributed by atoms with E-state index in [4.69, 9.17) is 5.73 Å². The van der Waals surface area contributed by atoms with E-state index in [-0.39, 0.29) is 0 Å². The van der Waals surface area contributed by atoms with Crippen LogP contribution < -0.4 is 11.1 Å². The largest absolute Gasteiger partial charge is 0.399 e. The van der Waals surface area contributed by atoms with E-state index in [1.807, 2.05) is 6.07 Å². The van der Waals surface area contributed by atoms with Crippen molar-refractivity contribution in [3.05, 3.63) is 23.8 Å². The predicted octanol–water partition coefficient (Wildman–Crippen LogP) is 3.57. The lowest BCUT2D eigenvalue weighted by molar-refractivity contribution is 0.358. The van der Waals surface area contributed by atoms with Gasteiger partial charge < -0.3 is 11.1 Å². The molecule has 3 N–H and O–H groups in total. The fourth-order valence-electron chi connectivity index (χ4n) is 2.58. The third-order valence-corrected chi connectivity index (χ3v) is 3.56. The maximum Gasteiger partial charge on any atom is 0.0392 e. The van der Waals surface area contributed by atoms with Crippen LogP contribution in [-0.2, 0) is 0 Å². The Labute approximate surface area is 98.2 Å². The zero-order valence-corrected chi connectivity index (χ0v) is 10.3. The van der Waals surface area contributed by atoms with Gasteiger partial charge in [0, 0.05) is 17.4 Å². The van der Waals surface area contributed by atoms with Gasteiger partial charge in [-0.3, -0.25) is 0 Å². The van der Waals surface area contributed by atoms with Crippen molar-refractivity contribution >= 4 is 11.4 Å². The van der Waals surface area contributed by atoms with Gasteiger partial charge >= 0.3 is 0 Å². The monoisotopic (exact) mass is 218 g/mol. The Morgan fingerprint density at radius 3 is 2.88 bits per heavy atom. The summed E-state index contributed by atoms with van der Waals surface area (Å²) in [6.45, 7) is 4.48. The number of rotatable bonds is 2. The number of aryl methyl sites for hydroxylation is 1. The molecule has 2 unspecified atom stereocenters. The summed E-state index contributed by atoms with van der Waals surface area (Å²) in [5, 5.41) is 3.64. The van der Waals surface area contributed by atoms with E-state index in [2.05, 4.69) is 31.3 Å². The second kappa shape index (κ2) is 4.77. The van der Waals surface area contributed by atoms with Crippen molar-refractivity contribution in [1.29, 1.82) is 0 Å². The van der Waals surface area contributed by atoms with Crippen molar-refractivity contribution in [2.24, 2.45) is 5.92 Å². The topological polar surface area (TPSA) is 38.0 Å². The molecule has 1 saturated carbocycles. The molecule has 2 rings (SSSR count). The first-order valence-electron chi connectivity index (χ1n) is 6.28. The molecule has 0 aliphatic heterocycles. The van der Waals surface area contributed by atoms with Crippen LogP contribution in [0.25, 0.3) is 0 Å². The SMILES string of the molecule is Cc1ccc(N)cc1NC1CCCC(C)C1. The number of nitrogens with two attached hydrogens (primary N) is 1. The molecule has 0 saturated heterocycles. The molecule has 1 aliphatic carbocycles. The van der Waals surface area contributed by atoms with Crippen molar-refractivity contribution in [1.82, 2.24) is 0 Å². The third-order valence-electron chi connectivity index (χ3n) is 3.56. The second-order valence-electron chi connectivity index (χ2n) is 5.19. The minimum Gasteiger partial charge on any atom is -0.399 e. The van der Waals surface area contributed by atoms with Crippen molar-refractivity contribution in [2.45, 2.75) is 45.6 Å². The Hall–Kier alpha value is -1.18. The molecule has 0 heterocycles. The van der Waals surface area contributed by atoms with Crippen LogP contribution in [0.5, 0.6) is 0 Å². The average Bonchev–Trinajstić information content (AvgIpc) is 2.24. The minimum atomic E-state index is 0.629. The molecule has 1 fully saturated rings. The van der Waals surface area contributed by atoms with Crippen LogP contribution in [0.15, 0.2) is 18.2 Å². The van der Waals surface area contributed by atoms with Crippen LogP contribution >= 0.6 is 0 Å². The minimum absolute atomic E-state index is 0.629. The van der Waals surface area contributed by atoms with E-state index in [9.17, 15) is 0 Å². The van der Waals surface area contributed by atoms with E-state index < -0.39 is 0 Å². The maximum atomic E-state index is 5.82. The van der Waals surface area contributed by atoms with Gasteiger partial charge in [0.05, 0.1) is 0 Å². The predicted molar refractivity (Wildman–Crippen MR) is 70.6 cm³/mol. The maximum absolute atomic E-state index is 5.82. The van der Waals surface area contributed by atoms with Crippen LogP contribution in [-0.4, -0.2) is 6.04 Å². The summed E-state index contributed by atoms with van der Waals surface area (Å²) in [7, 11) is 0. The first-order valence-corrected chi connectivity index (χ1v) is 6.28. The Bertz CT molecular complexity index is 360. The van der Waals surface area contributed by atoms with Crippen LogP contribution in [0.1, 0.15) is 38.2 Å². The Balaban J connectivity index is 2.05. The average molecular weight is 218 g/mol. The third kappa shape index (κ3) is 2.69. The Kier molecular flexibility index (Phi) is 3.37. The van der Waals surface area contributed by atoms with Crippen LogP contribution in [0.4, 0.5) is 11.4 Å². The zero-order chi connectivity index (χ0) is 11.5. The highest BCUT2D eigenvalue weighted by atomic mass is 14.9. The smallest absolute Gasteiger partial charge is 0.0392 e. The van der Waals surface area contributed by atoms with Gasteiger partial charge in [-0.25, -0.2) is 0 Å². The lowest BCUT2D eigenvalue weighted by Gasteiger charge is -2.29. The fraction of sp³-hybridized carbons (Fsp3) is 0.571. The van der Waals surface area contributed by atoms with Gasteiger partial charge in [0.1, 0.15) is 0 Å². The first kappa shape index (κ1) is 11.3. The summed E-state index contributed by atoms with van der Waals surface area (Å²) in [4.78, 5) is 0. The molecular formula is C14H22N2. The molecule has 1 aromatic rings. The van der Waals surface area contributed by atoms with Gasteiger partial charge in [-0.1, -0.05) is 25.8 Å². The van der Waals surface area contributed by atoms with E-state index in [0.29, 0.717) is 6.04 Å². The van der Waals surface area contributed by atoms with Crippen LogP contribution in [0.2, 0.25) is 0 Å². The summed E-state index contributed by atoms with van der Waals surface area (Å²) in [5.74, 6) is 0.854. The summed E-state index contributed by atoms with van der Waals surface area (Å²) >= 11 is 0. The molecule has 88 valence electrons. The molecule has 2 heteroatoms. The van der Waals surface area contributed by atoms with Crippen molar-refractivity contribution in [2.75, 3.05) is 11.1 Å². The molecule has 0 bridgehead atoms. The number of hydrogen-bond acceptors (Lipinski definition) is 2. The highest BCUT2D eigenvalue weighted by Crippen LogP contribution is 2.28. The lowest BCUT2D eigenvalue weighted by Crippen LogP contribution is -2.26. The standard InChI is InChI=1S/C14H22N2/c1-10-4-3-5-13(8-10)16-14-9-12(15)7-6-11(14)2/h6-7,9-10,13,16H,3-5,8,15H2,1-2H3. The summed E-state index contributed by atoms with van der Waals surface area (Å²) in [6, 6.07) is 6.73. The molecule has 16 heavy (non-hydrogen) atoms. The van der Waals surface area contributed by atoms with Gasteiger partial charge in [-0.05, 0) is 43.4 Å². The van der Waals surface area contributed by atoms with Crippen LogP contribution in [0, 0.1) is 12.8 Å². The second-order valence-corrected chi connectivity index (χ2v) is 5.19. The molecule has 1 aliphatic rings. The summed E-state index contributed by atoms with van der Waals surface area (Å²) in [5.41, 5.74) is 9.16. The van der Waals surface area contributed by atoms with Gasteiger partial charge in [-0.15, -0.1) is 0 Å². The van der Waals surface area contributed by atoms with Gasteiger partial charge in [0.15, 0.2) is 0 Å². The molecule has 0 amide bonds.